The Morgan fingerprint density at radius 2 is 2.11 bits per heavy atom. The molecule has 0 amide bonds. The molecule has 1 aromatic rings. The van der Waals surface area contributed by atoms with Gasteiger partial charge in [-0.1, -0.05) is 19.1 Å². The van der Waals surface area contributed by atoms with Gasteiger partial charge in [0.25, 0.3) is 0 Å². The van der Waals surface area contributed by atoms with E-state index in [4.69, 9.17) is 0 Å². The van der Waals surface area contributed by atoms with Crippen LogP contribution < -0.4 is 10.2 Å². The van der Waals surface area contributed by atoms with E-state index in [0.717, 1.165) is 43.3 Å². The number of hydrogen-bond acceptors (Lipinski definition) is 2. The molecule has 1 aromatic carbocycles. The molecule has 1 aliphatic rings. The molecule has 1 N–H and O–H groups in total. The van der Waals surface area contributed by atoms with Crippen LogP contribution in [0, 0.1) is 11.7 Å². The number of nitrogens with one attached hydrogen (secondary N) is 1. The molecule has 2 rings (SSSR count). The molecule has 0 radical (unpaired) electrons. The zero-order valence-electron chi connectivity index (χ0n) is 11.4. The molecule has 3 heteroatoms. The molecule has 0 aliphatic heterocycles. The minimum Gasteiger partial charge on any atom is -0.369 e. The highest BCUT2D eigenvalue weighted by molar-refractivity contribution is 5.55. The minimum atomic E-state index is -0.0899. The van der Waals surface area contributed by atoms with E-state index in [1.807, 2.05) is 6.07 Å². The summed E-state index contributed by atoms with van der Waals surface area (Å²) in [5.74, 6) is 0.685. The molecule has 1 saturated carbocycles. The van der Waals surface area contributed by atoms with Crippen LogP contribution in [0.15, 0.2) is 18.2 Å². The van der Waals surface area contributed by atoms with E-state index in [9.17, 15) is 4.39 Å². The maximum atomic E-state index is 14.1. The number of hydrogen-bond donors (Lipinski definition) is 1. The molecule has 1 fully saturated rings. The second-order valence-corrected chi connectivity index (χ2v) is 5.01. The van der Waals surface area contributed by atoms with E-state index in [1.54, 1.807) is 12.1 Å². The lowest BCUT2D eigenvalue weighted by atomic mass is 10.1. The molecule has 1 aliphatic carbocycles. The Labute approximate surface area is 109 Å². The van der Waals surface area contributed by atoms with Crippen LogP contribution in [0.5, 0.6) is 0 Å². The lowest BCUT2D eigenvalue weighted by molar-refractivity contribution is 0.606. The van der Waals surface area contributed by atoms with Crippen molar-refractivity contribution >= 4 is 5.69 Å². The first-order valence-corrected chi connectivity index (χ1v) is 6.99. The normalized spacial score (nSPS) is 14.8. The smallest absolute Gasteiger partial charge is 0.146 e. The van der Waals surface area contributed by atoms with Gasteiger partial charge in [0.05, 0.1) is 5.69 Å². The average Bonchev–Trinajstić information content (AvgIpc) is 3.18. The Balaban J connectivity index is 2.20. The Morgan fingerprint density at radius 3 is 2.72 bits per heavy atom. The molecular weight excluding hydrogens is 227 g/mol. The molecule has 0 saturated heterocycles. The van der Waals surface area contributed by atoms with Gasteiger partial charge >= 0.3 is 0 Å². The number of rotatable bonds is 7. The van der Waals surface area contributed by atoms with Crippen molar-refractivity contribution in [2.75, 3.05) is 24.5 Å². The molecule has 0 aromatic heterocycles. The summed E-state index contributed by atoms with van der Waals surface area (Å²) in [4.78, 5) is 2.19. The molecule has 0 heterocycles. The number of para-hydroxylation sites is 1. The van der Waals surface area contributed by atoms with Crippen LogP contribution in [0.4, 0.5) is 10.1 Å². The van der Waals surface area contributed by atoms with Gasteiger partial charge in [0.15, 0.2) is 0 Å². The number of halogens is 1. The molecule has 0 bridgehead atoms. The Hall–Kier alpha value is -1.09. The maximum Gasteiger partial charge on any atom is 0.146 e. The third kappa shape index (κ3) is 3.22. The van der Waals surface area contributed by atoms with Crippen molar-refractivity contribution in [1.29, 1.82) is 0 Å². The minimum absolute atomic E-state index is 0.0899. The van der Waals surface area contributed by atoms with Gasteiger partial charge in [0, 0.05) is 19.6 Å². The first kappa shape index (κ1) is 13.3. The van der Waals surface area contributed by atoms with Crippen molar-refractivity contribution in [3.8, 4) is 0 Å². The zero-order valence-corrected chi connectivity index (χ0v) is 11.4. The molecule has 100 valence electrons. The molecule has 0 unspecified atom stereocenters. The Morgan fingerprint density at radius 1 is 1.33 bits per heavy atom. The number of nitrogens with zero attached hydrogens (tertiary/aromatic N) is 1. The SMILES string of the molecule is CCNCc1cccc(F)c1N(CC)CC1CC1. The Bertz CT molecular complexity index is 388. The predicted octanol–water partition coefficient (Wildman–Crippen LogP) is 3.17. The third-order valence-electron chi connectivity index (χ3n) is 3.51. The van der Waals surface area contributed by atoms with E-state index in [0.29, 0.717) is 0 Å². The van der Waals surface area contributed by atoms with Gasteiger partial charge in [0.1, 0.15) is 5.82 Å². The first-order valence-electron chi connectivity index (χ1n) is 6.99. The topological polar surface area (TPSA) is 15.3 Å². The predicted molar refractivity (Wildman–Crippen MR) is 74.4 cm³/mol. The molecular formula is C15H23FN2. The quantitative estimate of drug-likeness (QED) is 0.799. The van der Waals surface area contributed by atoms with Crippen molar-refractivity contribution in [2.45, 2.75) is 33.2 Å². The number of benzene rings is 1. The summed E-state index contributed by atoms with van der Waals surface area (Å²) in [6.07, 6.45) is 2.60. The van der Waals surface area contributed by atoms with Crippen molar-refractivity contribution in [1.82, 2.24) is 5.32 Å². The maximum absolute atomic E-state index is 14.1. The Kier molecular flexibility index (Phi) is 4.59. The summed E-state index contributed by atoms with van der Waals surface area (Å²) in [6.45, 7) is 7.69. The fraction of sp³-hybridized carbons (Fsp3) is 0.600. The van der Waals surface area contributed by atoms with Crippen molar-refractivity contribution < 1.29 is 4.39 Å². The summed E-state index contributed by atoms with van der Waals surface area (Å²) in [7, 11) is 0. The van der Waals surface area contributed by atoms with Crippen molar-refractivity contribution in [2.24, 2.45) is 5.92 Å². The number of anilines is 1. The molecule has 18 heavy (non-hydrogen) atoms. The summed E-state index contributed by atoms with van der Waals surface area (Å²) in [5, 5.41) is 3.29. The highest BCUT2D eigenvalue weighted by Gasteiger charge is 2.25. The first-order chi connectivity index (χ1) is 8.76. The molecule has 2 nitrogen and oxygen atoms in total. The van der Waals surface area contributed by atoms with Crippen molar-refractivity contribution in [3.63, 3.8) is 0 Å². The largest absolute Gasteiger partial charge is 0.369 e. The highest BCUT2D eigenvalue weighted by atomic mass is 19.1. The average molecular weight is 250 g/mol. The van der Waals surface area contributed by atoms with Crippen LogP contribution >= 0.6 is 0 Å². The van der Waals surface area contributed by atoms with Gasteiger partial charge in [-0.25, -0.2) is 4.39 Å². The third-order valence-corrected chi connectivity index (χ3v) is 3.51. The van der Waals surface area contributed by atoms with Gasteiger partial charge in [-0.15, -0.1) is 0 Å². The van der Waals surface area contributed by atoms with Gasteiger partial charge in [-0.3, -0.25) is 0 Å². The van der Waals surface area contributed by atoms with E-state index in [-0.39, 0.29) is 5.82 Å². The van der Waals surface area contributed by atoms with Crippen LogP contribution in [0.1, 0.15) is 32.3 Å². The zero-order chi connectivity index (χ0) is 13.0. The lowest BCUT2D eigenvalue weighted by Gasteiger charge is -2.26. The fourth-order valence-electron chi connectivity index (χ4n) is 2.31. The van der Waals surface area contributed by atoms with Gasteiger partial charge in [-0.05, 0) is 43.9 Å². The van der Waals surface area contributed by atoms with E-state index < -0.39 is 0 Å². The van der Waals surface area contributed by atoms with E-state index >= 15 is 0 Å². The monoisotopic (exact) mass is 250 g/mol. The van der Waals surface area contributed by atoms with Crippen LogP contribution in [-0.2, 0) is 6.54 Å². The second-order valence-electron chi connectivity index (χ2n) is 5.01. The summed E-state index contributed by atoms with van der Waals surface area (Å²) < 4.78 is 14.1. The van der Waals surface area contributed by atoms with Gasteiger partial charge in [-0.2, -0.15) is 0 Å². The summed E-state index contributed by atoms with van der Waals surface area (Å²) in [6, 6.07) is 5.40. The molecule has 0 spiro atoms. The van der Waals surface area contributed by atoms with Crippen LogP contribution in [-0.4, -0.2) is 19.6 Å². The van der Waals surface area contributed by atoms with Crippen LogP contribution in [0.25, 0.3) is 0 Å². The summed E-state index contributed by atoms with van der Waals surface area (Å²) in [5.41, 5.74) is 1.87. The van der Waals surface area contributed by atoms with Crippen molar-refractivity contribution in [3.05, 3.63) is 29.6 Å². The van der Waals surface area contributed by atoms with E-state index in [1.165, 1.54) is 12.8 Å². The van der Waals surface area contributed by atoms with Gasteiger partial charge < -0.3 is 10.2 Å². The highest BCUT2D eigenvalue weighted by Crippen LogP contribution is 2.33. The second kappa shape index (κ2) is 6.19. The molecule has 0 atom stereocenters. The fourth-order valence-corrected chi connectivity index (χ4v) is 2.31. The lowest BCUT2D eigenvalue weighted by Crippen LogP contribution is -2.28. The van der Waals surface area contributed by atoms with Gasteiger partial charge in [0.2, 0.25) is 0 Å². The van der Waals surface area contributed by atoms with Crippen LogP contribution in [0.3, 0.4) is 0 Å². The van der Waals surface area contributed by atoms with Crippen LogP contribution in [0.2, 0.25) is 0 Å². The standard InChI is InChI=1S/C15H23FN2/c1-3-17-10-13-6-5-7-14(16)15(13)18(4-2)11-12-8-9-12/h5-7,12,17H,3-4,8-11H2,1-2H3. The van der Waals surface area contributed by atoms with E-state index in [2.05, 4.69) is 24.1 Å². The summed E-state index contributed by atoms with van der Waals surface area (Å²) >= 11 is 0.